The highest BCUT2D eigenvalue weighted by Crippen LogP contribution is 2.20. The van der Waals surface area contributed by atoms with Crippen molar-refractivity contribution in [2.24, 2.45) is 0 Å². The molecule has 2 N–H and O–H groups in total. The van der Waals surface area contributed by atoms with Crippen molar-refractivity contribution in [1.82, 2.24) is 14.5 Å². The van der Waals surface area contributed by atoms with Gasteiger partial charge in [0.2, 0.25) is 10.0 Å². The normalized spacial score (nSPS) is 16.9. The maximum Gasteiger partial charge on any atom is 0.321 e. The second kappa shape index (κ2) is 7.29. The van der Waals surface area contributed by atoms with E-state index in [1.807, 2.05) is 14.0 Å². The fourth-order valence-electron chi connectivity index (χ4n) is 2.46. The highest BCUT2D eigenvalue weighted by Gasteiger charge is 2.19. The van der Waals surface area contributed by atoms with Crippen LogP contribution in [0.1, 0.15) is 12.0 Å². The van der Waals surface area contributed by atoms with E-state index in [-0.39, 0.29) is 10.9 Å². The number of nitrogens with zero attached hydrogens (tertiary/aromatic N) is 2. The lowest BCUT2D eigenvalue weighted by Crippen LogP contribution is -2.37. The maximum atomic E-state index is 12.4. The lowest BCUT2D eigenvalue weighted by atomic mass is 10.2. The number of nitrogens with one attached hydrogen (secondary N) is 2. The first-order valence-electron chi connectivity index (χ1n) is 7.62. The van der Waals surface area contributed by atoms with Crippen LogP contribution in [0.15, 0.2) is 23.1 Å². The molecule has 2 amide bonds. The number of benzene rings is 1. The van der Waals surface area contributed by atoms with E-state index in [9.17, 15) is 13.2 Å². The zero-order chi connectivity index (χ0) is 17.0. The van der Waals surface area contributed by atoms with Gasteiger partial charge in [0.25, 0.3) is 0 Å². The molecule has 8 heteroatoms. The Morgan fingerprint density at radius 1 is 1.17 bits per heavy atom. The molecule has 0 radical (unpaired) electrons. The fraction of sp³-hybridized carbons (Fsp3) is 0.533. The highest BCUT2D eigenvalue weighted by molar-refractivity contribution is 7.89. The molecule has 128 valence electrons. The highest BCUT2D eigenvalue weighted by atomic mass is 32.2. The molecule has 0 aromatic heterocycles. The van der Waals surface area contributed by atoms with E-state index < -0.39 is 10.0 Å². The van der Waals surface area contributed by atoms with Crippen LogP contribution in [0.5, 0.6) is 0 Å². The lowest BCUT2D eigenvalue weighted by Gasteiger charge is -2.22. The number of hydrogen-bond acceptors (Lipinski definition) is 4. The number of urea groups is 1. The molecule has 0 spiro atoms. The van der Waals surface area contributed by atoms with Crippen LogP contribution >= 0.6 is 0 Å². The molecule has 0 aliphatic carbocycles. The number of aryl methyl sites for hydroxylation is 1. The first-order valence-corrected chi connectivity index (χ1v) is 9.10. The Morgan fingerprint density at radius 3 is 2.61 bits per heavy atom. The number of carbonyl (C=O) groups is 1. The minimum Gasteiger partial charge on any atom is -0.323 e. The van der Waals surface area contributed by atoms with Gasteiger partial charge in [-0.05, 0) is 51.7 Å². The summed E-state index contributed by atoms with van der Waals surface area (Å²) in [5.74, 6) is 0. The van der Waals surface area contributed by atoms with E-state index in [1.165, 1.54) is 19.2 Å². The smallest absolute Gasteiger partial charge is 0.321 e. The Morgan fingerprint density at radius 2 is 1.91 bits per heavy atom. The topological polar surface area (TPSA) is 81.8 Å². The molecule has 0 saturated carbocycles. The van der Waals surface area contributed by atoms with Gasteiger partial charge in [-0.15, -0.1) is 0 Å². The standard InChI is InChI=1S/C15H24N4O3S/c1-12-5-6-13(23(21,22)16-2)11-14(12)17-15(20)19-8-4-7-18(3)9-10-19/h5-6,11,16H,4,7-10H2,1-3H3,(H,17,20). The molecule has 1 aromatic carbocycles. The van der Waals surface area contributed by atoms with Gasteiger partial charge in [-0.3, -0.25) is 0 Å². The third-order valence-electron chi connectivity index (χ3n) is 4.04. The first-order chi connectivity index (χ1) is 10.8. The van der Waals surface area contributed by atoms with E-state index in [1.54, 1.807) is 11.0 Å². The van der Waals surface area contributed by atoms with Crippen molar-refractivity contribution >= 4 is 21.7 Å². The Hall–Kier alpha value is -1.64. The predicted octanol–water partition coefficient (Wildman–Crippen LogP) is 1.07. The number of amides is 2. The van der Waals surface area contributed by atoms with Gasteiger partial charge in [-0.2, -0.15) is 0 Å². The van der Waals surface area contributed by atoms with Crippen LogP contribution in [0.2, 0.25) is 0 Å². The van der Waals surface area contributed by atoms with Crippen LogP contribution in [0.25, 0.3) is 0 Å². The van der Waals surface area contributed by atoms with Gasteiger partial charge in [0.05, 0.1) is 4.90 Å². The molecule has 1 saturated heterocycles. The van der Waals surface area contributed by atoms with Gasteiger partial charge >= 0.3 is 6.03 Å². The van der Waals surface area contributed by atoms with Gasteiger partial charge in [0.1, 0.15) is 0 Å². The minimum atomic E-state index is -3.53. The molecule has 1 fully saturated rings. The Labute approximate surface area is 137 Å². The predicted molar refractivity (Wildman–Crippen MR) is 90.1 cm³/mol. The van der Waals surface area contributed by atoms with E-state index in [4.69, 9.17) is 0 Å². The van der Waals surface area contributed by atoms with E-state index in [2.05, 4.69) is 14.9 Å². The third-order valence-corrected chi connectivity index (χ3v) is 5.45. The molecule has 7 nitrogen and oxygen atoms in total. The second-order valence-electron chi connectivity index (χ2n) is 5.76. The summed E-state index contributed by atoms with van der Waals surface area (Å²) in [6.45, 7) is 5.00. The molecule has 23 heavy (non-hydrogen) atoms. The molecule has 1 aliphatic rings. The van der Waals surface area contributed by atoms with Crippen LogP contribution < -0.4 is 10.0 Å². The summed E-state index contributed by atoms with van der Waals surface area (Å²) in [5.41, 5.74) is 1.34. The molecule has 0 unspecified atom stereocenters. The monoisotopic (exact) mass is 340 g/mol. The Kier molecular flexibility index (Phi) is 5.61. The summed E-state index contributed by atoms with van der Waals surface area (Å²) in [7, 11) is -0.131. The van der Waals surface area contributed by atoms with Crippen molar-refractivity contribution in [2.45, 2.75) is 18.2 Å². The molecule has 0 atom stereocenters. The summed E-state index contributed by atoms with van der Waals surface area (Å²) >= 11 is 0. The van der Waals surface area contributed by atoms with Crippen molar-refractivity contribution in [1.29, 1.82) is 0 Å². The van der Waals surface area contributed by atoms with Crippen LogP contribution in [0, 0.1) is 6.92 Å². The van der Waals surface area contributed by atoms with Gasteiger partial charge in [0, 0.05) is 25.3 Å². The zero-order valence-electron chi connectivity index (χ0n) is 13.8. The molecular formula is C15H24N4O3S. The fourth-order valence-corrected chi connectivity index (χ4v) is 3.22. The Bertz CT molecular complexity index is 675. The molecular weight excluding hydrogens is 316 g/mol. The summed E-state index contributed by atoms with van der Waals surface area (Å²) in [6, 6.07) is 4.51. The average Bonchev–Trinajstić information content (AvgIpc) is 2.74. The largest absolute Gasteiger partial charge is 0.323 e. The first kappa shape index (κ1) is 17.7. The molecule has 1 heterocycles. The number of hydrogen-bond donors (Lipinski definition) is 2. The minimum absolute atomic E-state index is 0.136. The van der Waals surface area contributed by atoms with Crippen LogP contribution in [0.4, 0.5) is 10.5 Å². The average molecular weight is 340 g/mol. The van der Waals surface area contributed by atoms with Gasteiger partial charge in [-0.1, -0.05) is 6.07 Å². The van der Waals surface area contributed by atoms with Crippen molar-refractivity contribution < 1.29 is 13.2 Å². The summed E-state index contributed by atoms with van der Waals surface area (Å²) in [6.07, 6.45) is 0.928. The van der Waals surface area contributed by atoms with Crippen molar-refractivity contribution in [2.75, 3.05) is 45.6 Å². The number of carbonyl (C=O) groups excluding carboxylic acids is 1. The number of likely N-dealkylation sites (N-methyl/N-ethyl adjacent to an activating group) is 1. The summed E-state index contributed by atoms with van der Waals surface area (Å²) in [5, 5.41) is 2.84. The van der Waals surface area contributed by atoms with Gasteiger partial charge in [-0.25, -0.2) is 17.9 Å². The Balaban J connectivity index is 2.16. The number of anilines is 1. The number of sulfonamides is 1. The summed E-state index contributed by atoms with van der Waals surface area (Å²) < 4.78 is 26.1. The van der Waals surface area contributed by atoms with E-state index in [0.717, 1.165) is 25.1 Å². The van der Waals surface area contributed by atoms with Crippen LogP contribution in [-0.2, 0) is 10.0 Å². The lowest BCUT2D eigenvalue weighted by molar-refractivity contribution is 0.213. The zero-order valence-corrected chi connectivity index (χ0v) is 14.6. The van der Waals surface area contributed by atoms with Crippen molar-refractivity contribution in [3.05, 3.63) is 23.8 Å². The summed E-state index contributed by atoms with van der Waals surface area (Å²) in [4.78, 5) is 16.5. The molecule has 2 rings (SSSR count). The van der Waals surface area contributed by atoms with Crippen LogP contribution in [0.3, 0.4) is 0 Å². The quantitative estimate of drug-likeness (QED) is 0.862. The van der Waals surface area contributed by atoms with Crippen molar-refractivity contribution in [3.63, 3.8) is 0 Å². The number of rotatable bonds is 3. The maximum absolute atomic E-state index is 12.4. The van der Waals surface area contributed by atoms with E-state index in [0.29, 0.717) is 18.8 Å². The van der Waals surface area contributed by atoms with Gasteiger partial charge < -0.3 is 15.1 Å². The second-order valence-corrected chi connectivity index (χ2v) is 7.64. The van der Waals surface area contributed by atoms with Crippen LogP contribution in [-0.4, -0.2) is 64.5 Å². The van der Waals surface area contributed by atoms with E-state index >= 15 is 0 Å². The molecule has 1 aliphatic heterocycles. The van der Waals surface area contributed by atoms with Gasteiger partial charge in [0.15, 0.2) is 0 Å². The molecule has 0 bridgehead atoms. The SMILES string of the molecule is CNS(=O)(=O)c1ccc(C)c(NC(=O)N2CCCN(C)CC2)c1. The van der Waals surface area contributed by atoms with Crippen molar-refractivity contribution in [3.8, 4) is 0 Å². The third kappa shape index (κ3) is 4.43. The molecule has 1 aromatic rings.